The first-order valence-electron chi connectivity index (χ1n) is 7.13. The number of aromatic nitrogens is 1. The van der Waals surface area contributed by atoms with Crippen LogP contribution in [0.15, 0.2) is 9.72 Å². The molecule has 0 bridgehead atoms. The van der Waals surface area contributed by atoms with Crippen molar-refractivity contribution in [3.63, 3.8) is 0 Å². The van der Waals surface area contributed by atoms with Crippen LogP contribution in [0.5, 0.6) is 0 Å². The number of rotatable bonds is 6. The zero-order valence-corrected chi connectivity index (χ0v) is 13.5. The molecule has 0 saturated heterocycles. The predicted molar refractivity (Wildman–Crippen MR) is 80.0 cm³/mol. The van der Waals surface area contributed by atoms with Gasteiger partial charge in [0.1, 0.15) is 0 Å². The normalized spacial score (nSPS) is 23.1. The van der Waals surface area contributed by atoms with Gasteiger partial charge in [0.05, 0.1) is 5.51 Å². The third-order valence-electron chi connectivity index (χ3n) is 3.85. The van der Waals surface area contributed by atoms with Crippen LogP contribution in [0.25, 0.3) is 0 Å². The molecule has 1 aromatic heterocycles. The van der Waals surface area contributed by atoms with Crippen molar-refractivity contribution < 1.29 is 18.3 Å². The van der Waals surface area contributed by atoms with E-state index in [0.717, 1.165) is 43.4 Å². The molecule has 0 spiro atoms. The van der Waals surface area contributed by atoms with Crippen molar-refractivity contribution in [2.45, 2.75) is 55.7 Å². The number of thiazole rings is 1. The first-order valence-corrected chi connectivity index (χ1v) is 9.49. The van der Waals surface area contributed by atoms with Gasteiger partial charge in [-0.25, -0.2) is 22.9 Å². The van der Waals surface area contributed by atoms with Gasteiger partial charge in [-0.05, 0) is 31.6 Å². The largest absolute Gasteiger partial charge is 0.476 e. The van der Waals surface area contributed by atoms with Crippen LogP contribution in [0.3, 0.4) is 0 Å². The maximum atomic E-state index is 12.3. The van der Waals surface area contributed by atoms with Crippen LogP contribution >= 0.6 is 11.3 Å². The van der Waals surface area contributed by atoms with Crippen molar-refractivity contribution in [2.75, 3.05) is 0 Å². The first kappa shape index (κ1) is 16.4. The van der Waals surface area contributed by atoms with Crippen molar-refractivity contribution in [3.05, 3.63) is 11.2 Å². The lowest BCUT2D eigenvalue weighted by Crippen LogP contribution is -2.37. The number of aromatic carboxylic acids is 1. The molecule has 2 N–H and O–H groups in total. The van der Waals surface area contributed by atoms with E-state index in [4.69, 9.17) is 5.11 Å². The quantitative estimate of drug-likeness (QED) is 0.834. The molecule has 6 nitrogen and oxygen atoms in total. The standard InChI is InChI=1S/C13H20N2O4S2/c1-2-3-9-4-6-10(7-5-9)15-21(18,19)13-11(12(16)17)14-8-20-13/h8-10,15H,2-7H2,1H3,(H,16,17). The van der Waals surface area contributed by atoms with E-state index in [2.05, 4.69) is 16.6 Å². The molecule has 0 unspecified atom stereocenters. The molecular weight excluding hydrogens is 312 g/mol. The van der Waals surface area contributed by atoms with E-state index >= 15 is 0 Å². The van der Waals surface area contributed by atoms with E-state index in [1.807, 2.05) is 0 Å². The second-order valence-electron chi connectivity index (χ2n) is 5.42. The van der Waals surface area contributed by atoms with Crippen LogP contribution in [0.2, 0.25) is 0 Å². The van der Waals surface area contributed by atoms with Crippen LogP contribution in [0.4, 0.5) is 0 Å². The van der Waals surface area contributed by atoms with Gasteiger partial charge in [-0.15, -0.1) is 11.3 Å². The minimum absolute atomic E-state index is 0.105. The molecule has 118 valence electrons. The smallest absolute Gasteiger partial charge is 0.356 e. The molecule has 0 aromatic carbocycles. The molecule has 0 radical (unpaired) electrons. The summed E-state index contributed by atoms with van der Waals surface area (Å²) >= 11 is 0.840. The van der Waals surface area contributed by atoms with E-state index < -0.39 is 21.7 Å². The summed E-state index contributed by atoms with van der Waals surface area (Å²) in [6.45, 7) is 2.16. The molecule has 1 heterocycles. The summed E-state index contributed by atoms with van der Waals surface area (Å²) in [4.78, 5) is 14.6. The second kappa shape index (κ2) is 6.85. The van der Waals surface area contributed by atoms with Crippen molar-refractivity contribution >= 4 is 27.3 Å². The zero-order valence-electron chi connectivity index (χ0n) is 11.9. The van der Waals surface area contributed by atoms with Crippen LogP contribution in [-0.4, -0.2) is 30.5 Å². The molecule has 1 fully saturated rings. The van der Waals surface area contributed by atoms with Crippen molar-refractivity contribution in [1.82, 2.24) is 9.71 Å². The summed E-state index contributed by atoms with van der Waals surface area (Å²) in [5.74, 6) is -0.628. The predicted octanol–water partition coefficient (Wildman–Crippen LogP) is 2.48. The number of carboxylic acid groups (broad SMARTS) is 1. The maximum Gasteiger partial charge on any atom is 0.356 e. The molecule has 8 heteroatoms. The van der Waals surface area contributed by atoms with E-state index in [0.29, 0.717) is 5.92 Å². The number of nitrogens with one attached hydrogen (secondary N) is 1. The Labute approximate surface area is 128 Å². The number of sulfonamides is 1. The molecular formula is C13H20N2O4S2. The Morgan fingerprint density at radius 1 is 1.43 bits per heavy atom. The fraction of sp³-hybridized carbons (Fsp3) is 0.692. The summed E-state index contributed by atoms with van der Waals surface area (Å²) in [5.41, 5.74) is 0.850. The van der Waals surface area contributed by atoms with Crippen LogP contribution < -0.4 is 4.72 Å². The Morgan fingerprint density at radius 3 is 2.67 bits per heavy atom. The Morgan fingerprint density at radius 2 is 2.10 bits per heavy atom. The number of carboxylic acids is 1. The lowest BCUT2D eigenvalue weighted by Gasteiger charge is -2.28. The summed E-state index contributed by atoms with van der Waals surface area (Å²) in [6, 6.07) is -0.105. The monoisotopic (exact) mass is 332 g/mol. The highest BCUT2D eigenvalue weighted by molar-refractivity contribution is 7.91. The zero-order chi connectivity index (χ0) is 15.5. The van der Waals surface area contributed by atoms with E-state index in [9.17, 15) is 13.2 Å². The van der Waals surface area contributed by atoms with Crippen LogP contribution in [0, 0.1) is 5.92 Å². The van der Waals surface area contributed by atoms with E-state index in [1.54, 1.807) is 0 Å². The number of hydrogen-bond acceptors (Lipinski definition) is 5. The summed E-state index contributed by atoms with van der Waals surface area (Å²) < 4.78 is 27.0. The Balaban J connectivity index is 2.02. The van der Waals surface area contributed by atoms with Crippen molar-refractivity contribution in [3.8, 4) is 0 Å². The van der Waals surface area contributed by atoms with Gasteiger partial charge in [-0.3, -0.25) is 0 Å². The lowest BCUT2D eigenvalue weighted by atomic mass is 9.84. The molecule has 21 heavy (non-hydrogen) atoms. The van der Waals surface area contributed by atoms with Gasteiger partial charge in [0.2, 0.25) is 0 Å². The van der Waals surface area contributed by atoms with Gasteiger partial charge in [-0.1, -0.05) is 19.8 Å². The molecule has 1 aliphatic carbocycles. The minimum Gasteiger partial charge on any atom is -0.476 e. The highest BCUT2D eigenvalue weighted by atomic mass is 32.2. The van der Waals surface area contributed by atoms with Gasteiger partial charge in [0.15, 0.2) is 9.90 Å². The number of carbonyl (C=O) groups is 1. The molecule has 0 amide bonds. The number of nitrogens with zero attached hydrogens (tertiary/aromatic N) is 1. The maximum absolute atomic E-state index is 12.3. The minimum atomic E-state index is -3.80. The van der Waals surface area contributed by atoms with E-state index in [1.165, 1.54) is 11.9 Å². The van der Waals surface area contributed by atoms with Crippen molar-refractivity contribution in [1.29, 1.82) is 0 Å². The van der Waals surface area contributed by atoms with Crippen molar-refractivity contribution in [2.24, 2.45) is 5.92 Å². The summed E-state index contributed by atoms with van der Waals surface area (Å²) in [7, 11) is -3.80. The average molecular weight is 332 g/mol. The third-order valence-corrected chi connectivity index (χ3v) is 6.74. The van der Waals surface area contributed by atoms with Gasteiger partial charge < -0.3 is 5.11 Å². The highest BCUT2D eigenvalue weighted by Crippen LogP contribution is 2.29. The van der Waals surface area contributed by atoms with Gasteiger partial charge in [-0.2, -0.15) is 0 Å². The fourth-order valence-electron chi connectivity index (χ4n) is 2.82. The second-order valence-corrected chi connectivity index (χ2v) is 8.19. The Kier molecular flexibility index (Phi) is 5.34. The summed E-state index contributed by atoms with van der Waals surface area (Å²) in [6.07, 6.45) is 6.02. The van der Waals surface area contributed by atoms with Crippen LogP contribution in [-0.2, 0) is 10.0 Å². The molecule has 0 aliphatic heterocycles. The first-order chi connectivity index (χ1) is 9.94. The highest BCUT2D eigenvalue weighted by Gasteiger charge is 2.30. The SMILES string of the molecule is CCCC1CCC(NS(=O)(=O)c2scnc2C(=O)O)CC1. The molecule has 0 atom stereocenters. The summed E-state index contributed by atoms with van der Waals surface area (Å²) in [5, 5.41) is 8.97. The topological polar surface area (TPSA) is 96.4 Å². The van der Waals surface area contributed by atoms with E-state index in [-0.39, 0.29) is 10.3 Å². The van der Waals surface area contributed by atoms with Gasteiger partial charge >= 0.3 is 5.97 Å². The Bertz CT molecular complexity index is 589. The third kappa shape index (κ3) is 4.02. The van der Waals surface area contributed by atoms with Gasteiger partial charge in [0, 0.05) is 6.04 Å². The van der Waals surface area contributed by atoms with Gasteiger partial charge in [0.25, 0.3) is 10.0 Å². The fourth-order valence-corrected chi connectivity index (χ4v) is 5.28. The molecule has 1 aliphatic rings. The molecule has 2 rings (SSSR count). The average Bonchev–Trinajstić information content (AvgIpc) is 2.91. The lowest BCUT2D eigenvalue weighted by molar-refractivity contribution is 0.0687. The Hall–Kier alpha value is -0.990. The molecule has 1 saturated carbocycles. The van der Waals surface area contributed by atoms with Crippen LogP contribution in [0.1, 0.15) is 55.9 Å². The number of hydrogen-bond donors (Lipinski definition) is 2. The molecule has 1 aromatic rings.